The van der Waals surface area contributed by atoms with Crippen molar-refractivity contribution in [1.82, 2.24) is 9.88 Å². The summed E-state index contributed by atoms with van der Waals surface area (Å²) in [6.45, 7) is 6.00. The van der Waals surface area contributed by atoms with E-state index in [2.05, 4.69) is 11.1 Å². The number of aromatic amines is 1. The van der Waals surface area contributed by atoms with E-state index in [0.29, 0.717) is 22.8 Å². The SMILES string of the molecule is COC(=O)c1cc(CN(C)C(=O)c2cc3c(C)cc(C)cc3[nH]2)oc1C. The van der Waals surface area contributed by atoms with Crippen molar-refractivity contribution in [3.05, 3.63) is 58.2 Å². The van der Waals surface area contributed by atoms with Gasteiger partial charge in [-0.1, -0.05) is 6.07 Å². The van der Waals surface area contributed by atoms with Crippen molar-refractivity contribution >= 4 is 22.8 Å². The van der Waals surface area contributed by atoms with E-state index in [9.17, 15) is 9.59 Å². The van der Waals surface area contributed by atoms with E-state index in [0.717, 1.165) is 22.0 Å². The number of carbonyl (C=O) groups excluding carboxylic acids is 2. The Kier molecular flexibility index (Phi) is 4.59. The highest BCUT2D eigenvalue weighted by Gasteiger charge is 2.20. The zero-order chi connectivity index (χ0) is 19.0. The van der Waals surface area contributed by atoms with Gasteiger partial charge in [0.25, 0.3) is 5.91 Å². The average Bonchev–Trinajstić information content (AvgIpc) is 3.17. The summed E-state index contributed by atoms with van der Waals surface area (Å²) in [5, 5.41) is 1.04. The fourth-order valence-electron chi connectivity index (χ4n) is 3.16. The van der Waals surface area contributed by atoms with Gasteiger partial charge in [-0.25, -0.2) is 4.79 Å². The summed E-state index contributed by atoms with van der Waals surface area (Å²) in [7, 11) is 3.02. The third-order valence-corrected chi connectivity index (χ3v) is 4.43. The van der Waals surface area contributed by atoms with E-state index in [1.54, 1.807) is 24.9 Å². The maximum absolute atomic E-state index is 12.8. The fraction of sp³-hybridized carbons (Fsp3) is 0.300. The maximum Gasteiger partial charge on any atom is 0.341 e. The van der Waals surface area contributed by atoms with Crippen LogP contribution in [-0.2, 0) is 11.3 Å². The molecule has 0 aliphatic heterocycles. The number of aromatic nitrogens is 1. The Labute approximate surface area is 151 Å². The van der Waals surface area contributed by atoms with E-state index in [4.69, 9.17) is 9.15 Å². The third-order valence-electron chi connectivity index (χ3n) is 4.43. The van der Waals surface area contributed by atoms with E-state index in [-0.39, 0.29) is 12.5 Å². The second-order valence-electron chi connectivity index (χ2n) is 6.56. The summed E-state index contributed by atoms with van der Waals surface area (Å²) < 4.78 is 10.3. The molecule has 136 valence electrons. The molecule has 6 heteroatoms. The smallest absolute Gasteiger partial charge is 0.341 e. The molecule has 0 bridgehead atoms. The van der Waals surface area contributed by atoms with Gasteiger partial charge in [-0.15, -0.1) is 0 Å². The van der Waals surface area contributed by atoms with Gasteiger partial charge in [-0.3, -0.25) is 4.79 Å². The molecule has 0 aliphatic rings. The number of amides is 1. The molecule has 0 unspecified atom stereocenters. The van der Waals surface area contributed by atoms with E-state index < -0.39 is 5.97 Å². The molecule has 0 fully saturated rings. The summed E-state index contributed by atoms with van der Waals surface area (Å²) in [6, 6.07) is 7.60. The fourth-order valence-corrected chi connectivity index (χ4v) is 3.16. The van der Waals surface area contributed by atoms with Gasteiger partial charge in [0.15, 0.2) is 0 Å². The third kappa shape index (κ3) is 3.22. The Bertz CT molecular complexity index is 997. The van der Waals surface area contributed by atoms with Crippen LogP contribution in [0.25, 0.3) is 10.9 Å². The van der Waals surface area contributed by atoms with Crippen molar-refractivity contribution in [3.8, 4) is 0 Å². The van der Waals surface area contributed by atoms with Crippen molar-refractivity contribution in [2.24, 2.45) is 0 Å². The molecule has 6 nitrogen and oxygen atoms in total. The number of rotatable bonds is 4. The van der Waals surface area contributed by atoms with Crippen molar-refractivity contribution < 1.29 is 18.7 Å². The van der Waals surface area contributed by atoms with Gasteiger partial charge in [-0.05, 0) is 50.1 Å². The standard InChI is InChI=1S/C20H22N2O4/c1-11-6-12(2)15-9-18(21-17(15)7-11)19(23)22(4)10-14-8-16(13(3)26-14)20(24)25-5/h6-9,21H,10H2,1-5H3. The number of furan rings is 1. The number of fused-ring (bicyclic) bond motifs is 1. The molecule has 0 saturated heterocycles. The monoisotopic (exact) mass is 354 g/mol. The molecular weight excluding hydrogens is 332 g/mol. The van der Waals surface area contributed by atoms with E-state index in [1.807, 2.05) is 26.0 Å². The number of benzene rings is 1. The number of esters is 1. The first-order valence-electron chi connectivity index (χ1n) is 8.33. The van der Waals surface area contributed by atoms with Crippen LogP contribution in [0.2, 0.25) is 0 Å². The van der Waals surface area contributed by atoms with E-state index >= 15 is 0 Å². The van der Waals surface area contributed by atoms with Crippen molar-refractivity contribution in [3.63, 3.8) is 0 Å². The second kappa shape index (κ2) is 6.71. The van der Waals surface area contributed by atoms with Crippen molar-refractivity contribution in [1.29, 1.82) is 0 Å². The number of aryl methyl sites for hydroxylation is 3. The predicted octanol–water partition coefficient (Wildman–Crippen LogP) is 3.74. The van der Waals surface area contributed by atoms with Crippen LogP contribution in [0.5, 0.6) is 0 Å². The van der Waals surface area contributed by atoms with Crippen LogP contribution in [0.4, 0.5) is 0 Å². The molecule has 0 atom stereocenters. The Morgan fingerprint density at radius 2 is 1.88 bits per heavy atom. The average molecular weight is 354 g/mol. The highest BCUT2D eigenvalue weighted by atomic mass is 16.5. The van der Waals surface area contributed by atoms with Crippen LogP contribution in [0, 0.1) is 20.8 Å². The Morgan fingerprint density at radius 3 is 2.58 bits per heavy atom. The number of nitrogens with zero attached hydrogens (tertiary/aromatic N) is 1. The molecule has 3 aromatic rings. The molecule has 2 heterocycles. The minimum atomic E-state index is -0.451. The first kappa shape index (κ1) is 17.8. The maximum atomic E-state index is 12.8. The molecule has 0 radical (unpaired) electrons. The van der Waals surface area contributed by atoms with Crippen molar-refractivity contribution in [2.75, 3.05) is 14.2 Å². The highest BCUT2D eigenvalue weighted by molar-refractivity contribution is 5.99. The van der Waals surface area contributed by atoms with Crippen LogP contribution in [-0.4, -0.2) is 35.9 Å². The highest BCUT2D eigenvalue weighted by Crippen LogP contribution is 2.23. The summed E-state index contributed by atoms with van der Waals surface area (Å²) in [5.41, 5.74) is 4.11. The molecule has 3 rings (SSSR count). The van der Waals surface area contributed by atoms with Crippen LogP contribution in [0.1, 0.15) is 43.5 Å². The number of H-pyrrole nitrogens is 1. The topological polar surface area (TPSA) is 75.5 Å². The normalized spacial score (nSPS) is 11.0. The number of carbonyl (C=O) groups is 2. The molecule has 0 aliphatic carbocycles. The molecule has 1 aromatic carbocycles. The van der Waals surface area contributed by atoms with Crippen LogP contribution in [0.3, 0.4) is 0 Å². The first-order valence-corrected chi connectivity index (χ1v) is 8.33. The molecule has 1 N–H and O–H groups in total. The zero-order valence-corrected chi connectivity index (χ0v) is 15.6. The van der Waals surface area contributed by atoms with Gasteiger partial charge in [0, 0.05) is 18.0 Å². The molecule has 0 saturated carbocycles. The largest absolute Gasteiger partial charge is 0.465 e. The molecule has 1 amide bonds. The summed E-state index contributed by atoms with van der Waals surface area (Å²) >= 11 is 0. The quantitative estimate of drug-likeness (QED) is 0.724. The van der Waals surface area contributed by atoms with Gasteiger partial charge in [0.1, 0.15) is 22.8 Å². The van der Waals surface area contributed by atoms with Gasteiger partial charge in [0.05, 0.1) is 13.7 Å². The molecular formula is C20H22N2O4. The molecule has 0 spiro atoms. The van der Waals surface area contributed by atoms with Gasteiger partial charge >= 0.3 is 5.97 Å². The number of hydrogen-bond donors (Lipinski definition) is 1. The first-order chi connectivity index (χ1) is 12.3. The van der Waals surface area contributed by atoms with Crippen LogP contribution in [0.15, 0.2) is 28.7 Å². The number of ether oxygens (including phenoxy) is 1. The Balaban J connectivity index is 1.82. The van der Waals surface area contributed by atoms with Gasteiger partial charge in [0.2, 0.25) is 0 Å². The van der Waals surface area contributed by atoms with Crippen molar-refractivity contribution in [2.45, 2.75) is 27.3 Å². The molecule has 26 heavy (non-hydrogen) atoms. The van der Waals surface area contributed by atoms with Crippen LogP contribution >= 0.6 is 0 Å². The number of methoxy groups -OCH3 is 1. The minimum absolute atomic E-state index is 0.146. The van der Waals surface area contributed by atoms with Gasteiger partial charge in [-0.2, -0.15) is 0 Å². The second-order valence-corrected chi connectivity index (χ2v) is 6.56. The lowest BCUT2D eigenvalue weighted by molar-refractivity contribution is 0.0598. The lowest BCUT2D eigenvalue weighted by atomic mass is 10.1. The number of nitrogens with one attached hydrogen (secondary N) is 1. The zero-order valence-electron chi connectivity index (χ0n) is 15.6. The summed E-state index contributed by atoms with van der Waals surface area (Å²) in [6.07, 6.45) is 0. The lowest BCUT2D eigenvalue weighted by Crippen LogP contribution is -2.26. The minimum Gasteiger partial charge on any atom is -0.465 e. The predicted molar refractivity (Wildman–Crippen MR) is 98.4 cm³/mol. The van der Waals surface area contributed by atoms with E-state index in [1.165, 1.54) is 7.11 Å². The molecule has 2 aromatic heterocycles. The van der Waals surface area contributed by atoms with Crippen LogP contribution < -0.4 is 0 Å². The number of hydrogen-bond acceptors (Lipinski definition) is 4. The Morgan fingerprint density at radius 1 is 1.15 bits per heavy atom. The summed E-state index contributed by atoms with van der Waals surface area (Å²) in [5.74, 6) is 0.408. The summed E-state index contributed by atoms with van der Waals surface area (Å²) in [4.78, 5) is 29.2. The van der Waals surface area contributed by atoms with Gasteiger partial charge < -0.3 is 19.0 Å². The lowest BCUT2D eigenvalue weighted by Gasteiger charge is -2.14. The Hall–Kier alpha value is -3.02.